The van der Waals surface area contributed by atoms with Gasteiger partial charge in [-0.25, -0.2) is 0 Å². The van der Waals surface area contributed by atoms with Crippen molar-refractivity contribution in [3.8, 4) is 0 Å². The lowest BCUT2D eigenvalue weighted by Crippen LogP contribution is -2.37. The van der Waals surface area contributed by atoms with Crippen molar-refractivity contribution in [2.45, 2.75) is 19.3 Å². The van der Waals surface area contributed by atoms with Crippen LogP contribution in [0.2, 0.25) is 0 Å². The van der Waals surface area contributed by atoms with Crippen LogP contribution in [0.4, 0.5) is 0 Å². The first-order valence-corrected chi connectivity index (χ1v) is 6.11. The topological polar surface area (TPSA) is 79.5 Å². The Labute approximate surface area is 101 Å². The number of amides is 2. The molecule has 0 atom stereocenters. The number of carbonyl (C=O) groups excluding carboxylic acids is 2. The van der Waals surface area contributed by atoms with Crippen LogP contribution in [0.3, 0.4) is 0 Å². The Bertz CT molecular complexity index is 222. The Morgan fingerprint density at radius 3 is 2.35 bits per heavy atom. The Balaban J connectivity index is 2.23. The molecule has 3 N–H and O–H groups in total. The lowest BCUT2D eigenvalue weighted by molar-refractivity contribution is -0.126. The Morgan fingerprint density at radius 2 is 1.59 bits per heavy atom. The summed E-state index contributed by atoms with van der Waals surface area (Å²) in [5, 5.41) is 8.70. The Hall–Kier alpha value is -1.14. The minimum atomic E-state index is -0.0872. The molecule has 6 heteroatoms. The fourth-order valence-electron chi connectivity index (χ4n) is 1.50. The van der Waals surface area contributed by atoms with E-state index in [0.29, 0.717) is 32.7 Å². The second-order valence-electron chi connectivity index (χ2n) is 3.96. The fourth-order valence-corrected chi connectivity index (χ4v) is 1.50. The van der Waals surface area contributed by atoms with Crippen molar-refractivity contribution < 1.29 is 14.3 Å². The molecule has 2 amide bonds. The first-order chi connectivity index (χ1) is 8.29. The summed E-state index contributed by atoms with van der Waals surface area (Å²) in [6.07, 6.45) is 2.12. The number of hydrogen-bond donors (Lipinski definition) is 3. The predicted molar refractivity (Wildman–Crippen MR) is 63.6 cm³/mol. The van der Waals surface area contributed by atoms with E-state index in [1.807, 2.05) is 0 Å². The van der Waals surface area contributed by atoms with Crippen LogP contribution in [-0.4, -0.2) is 51.2 Å². The van der Waals surface area contributed by atoms with Gasteiger partial charge in [0.2, 0.25) is 11.8 Å². The maximum absolute atomic E-state index is 11.3. The van der Waals surface area contributed by atoms with Crippen LogP contribution in [0.15, 0.2) is 0 Å². The van der Waals surface area contributed by atoms with E-state index in [0.717, 1.165) is 19.4 Å². The molecule has 0 spiro atoms. The molecule has 0 aliphatic carbocycles. The van der Waals surface area contributed by atoms with Crippen molar-refractivity contribution in [2.24, 2.45) is 0 Å². The molecule has 0 unspecified atom stereocenters. The molecule has 17 heavy (non-hydrogen) atoms. The third-order valence-corrected chi connectivity index (χ3v) is 2.42. The highest BCUT2D eigenvalue weighted by Crippen LogP contribution is 1.95. The van der Waals surface area contributed by atoms with E-state index in [9.17, 15) is 9.59 Å². The molecule has 0 saturated carbocycles. The number of hydrogen-bond acceptors (Lipinski definition) is 4. The number of nitrogens with one attached hydrogen (secondary N) is 3. The van der Waals surface area contributed by atoms with Gasteiger partial charge in [0.05, 0.1) is 0 Å². The average molecular weight is 243 g/mol. The van der Waals surface area contributed by atoms with E-state index in [4.69, 9.17) is 4.74 Å². The van der Waals surface area contributed by atoms with Gasteiger partial charge < -0.3 is 20.7 Å². The largest absolute Gasteiger partial charge is 0.372 e. The van der Waals surface area contributed by atoms with Crippen molar-refractivity contribution in [1.29, 1.82) is 0 Å². The zero-order chi connectivity index (χ0) is 12.3. The summed E-state index contributed by atoms with van der Waals surface area (Å²) in [4.78, 5) is 22.6. The van der Waals surface area contributed by atoms with Crippen LogP contribution in [0.5, 0.6) is 0 Å². The highest BCUT2D eigenvalue weighted by molar-refractivity contribution is 5.77. The molecule has 1 aliphatic heterocycles. The van der Waals surface area contributed by atoms with Gasteiger partial charge in [0, 0.05) is 39.2 Å². The van der Waals surface area contributed by atoms with Crippen LogP contribution < -0.4 is 16.0 Å². The van der Waals surface area contributed by atoms with Gasteiger partial charge in [0.25, 0.3) is 0 Å². The summed E-state index contributed by atoms with van der Waals surface area (Å²) in [5.74, 6) is -0.00764. The molecular formula is C11H21N3O3. The minimum absolute atomic E-state index is 0.0795. The van der Waals surface area contributed by atoms with Crippen LogP contribution >= 0.6 is 0 Å². The van der Waals surface area contributed by atoms with Gasteiger partial charge in [0.1, 0.15) is 6.61 Å². The van der Waals surface area contributed by atoms with Crippen molar-refractivity contribution in [2.75, 3.05) is 39.4 Å². The second-order valence-corrected chi connectivity index (χ2v) is 3.96. The molecule has 0 bridgehead atoms. The average Bonchev–Trinajstić information content (AvgIpc) is 2.32. The monoisotopic (exact) mass is 243 g/mol. The normalized spacial score (nSPS) is 21.9. The highest BCUT2D eigenvalue weighted by atomic mass is 16.5. The molecule has 0 aromatic rings. The van der Waals surface area contributed by atoms with Gasteiger partial charge in [-0.1, -0.05) is 0 Å². The van der Waals surface area contributed by atoms with Crippen LogP contribution in [-0.2, 0) is 14.3 Å². The van der Waals surface area contributed by atoms with E-state index in [-0.39, 0.29) is 18.4 Å². The predicted octanol–water partition coefficient (Wildman–Crippen LogP) is -0.991. The van der Waals surface area contributed by atoms with Gasteiger partial charge in [-0.2, -0.15) is 0 Å². The lowest BCUT2D eigenvalue weighted by atomic mass is 10.2. The van der Waals surface area contributed by atoms with Crippen LogP contribution in [0.1, 0.15) is 19.3 Å². The zero-order valence-corrected chi connectivity index (χ0v) is 10.1. The molecule has 1 fully saturated rings. The minimum Gasteiger partial charge on any atom is -0.372 e. The first kappa shape index (κ1) is 13.9. The van der Waals surface area contributed by atoms with Crippen molar-refractivity contribution in [1.82, 2.24) is 16.0 Å². The summed E-state index contributed by atoms with van der Waals surface area (Å²) < 4.78 is 5.19. The summed E-state index contributed by atoms with van der Waals surface area (Å²) in [7, 11) is 0. The molecule has 0 aromatic heterocycles. The molecule has 1 aliphatic rings. The SMILES string of the molecule is O=C1CCCCOCC(=O)NCCNCCN1. The number of ether oxygens (including phenoxy) is 1. The first-order valence-electron chi connectivity index (χ1n) is 6.11. The Morgan fingerprint density at radius 1 is 0.882 bits per heavy atom. The number of rotatable bonds is 0. The molecule has 1 saturated heterocycles. The molecular weight excluding hydrogens is 222 g/mol. The number of carbonyl (C=O) groups is 2. The fraction of sp³-hybridized carbons (Fsp3) is 0.818. The standard InChI is InChI=1S/C11H21N3O3/c15-10-3-1-2-8-17-9-11(16)14-7-5-12-4-6-13-10/h12H,1-9H2,(H,13,15)(H,14,16). The summed E-state index contributed by atoms with van der Waals surface area (Å²) >= 11 is 0. The lowest BCUT2D eigenvalue weighted by Gasteiger charge is -2.07. The van der Waals surface area contributed by atoms with E-state index < -0.39 is 0 Å². The van der Waals surface area contributed by atoms with Gasteiger partial charge in [-0.05, 0) is 12.8 Å². The smallest absolute Gasteiger partial charge is 0.246 e. The summed E-state index contributed by atoms with van der Waals surface area (Å²) in [6, 6.07) is 0. The molecule has 1 rings (SSSR count). The second kappa shape index (κ2) is 8.95. The van der Waals surface area contributed by atoms with Crippen LogP contribution in [0.25, 0.3) is 0 Å². The molecule has 1 heterocycles. The van der Waals surface area contributed by atoms with Gasteiger partial charge in [-0.15, -0.1) is 0 Å². The molecule has 6 nitrogen and oxygen atoms in total. The summed E-state index contributed by atoms with van der Waals surface area (Å²) in [5.41, 5.74) is 0. The quantitative estimate of drug-likeness (QED) is 0.510. The van der Waals surface area contributed by atoms with Crippen molar-refractivity contribution >= 4 is 11.8 Å². The molecule has 0 radical (unpaired) electrons. The van der Waals surface area contributed by atoms with Gasteiger partial charge in [-0.3, -0.25) is 9.59 Å². The third kappa shape index (κ3) is 7.70. The zero-order valence-electron chi connectivity index (χ0n) is 10.1. The van der Waals surface area contributed by atoms with Crippen molar-refractivity contribution in [3.05, 3.63) is 0 Å². The Kier molecular flexibility index (Phi) is 7.33. The third-order valence-electron chi connectivity index (χ3n) is 2.42. The summed E-state index contributed by atoms with van der Waals surface area (Å²) in [6.45, 7) is 3.25. The van der Waals surface area contributed by atoms with Gasteiger partial charge >= 0.3 is 0 Å². The molecule has 0 aromatic carbocycles. The maximum Gasteiger partial charge on any atom is 0.246 e. The van der Waals surface area contributed by atoms with E-state index in [2.05, 4.69) is 16.0 Å². The van der Waals surface area contributed by atoms with E-state index >= 15 is 0 Å². The molecule has 98 valence electrons. The van der Waals surface area contributed by atoms with Crippen molar-refractivity contribution in [3.63, 3.8) is 0 Å². The van der Waals surface area contributed by atoms with Crippen LogP contribution in [0, 0.1) is 0 Å². The maximum atomic E-state index is 11.3. The van der Waals surface area contributed by atoms with E-state index in [1.165, 1.54) is 0 Å². The highest BCUT2D eigenvalue weighted by Gasteiger charge is 2.03. The van der Waals surface area contributed by atoms with Gasteiger partial charge in [0.15, 0.2) is 0 Å². The van der Waals surface area contributed by atoms with E-state index in [1.54, 1.807) is 0 Å².